The van der Waals surface area contributed by atoms with Crippen LogP contribution < -0.4 is 0 Å². The summed E-state index contributed by atoms with van der Waals surface area (Å²) in [6.45, 7) is 1.37. The van der Waals surface area contributed by atoms with E-state index in [-0.39, 0.29) is 6.54 Å². The summed E-state index contributed by atoms with van der Waals surface area (Å²) < 4.78 is 50.5. The molecule has 0 atom stereocenters. The first-order chi connectivity index (χ1) is 8.31. The van der Waals surface area contributed by atoms with Gasteiger partial charge >= 0.3 is 6.18 Å². The summed E-state index contributed by atoms with van der Waals surface area (Å²) >= 11 is 3.16. The number of benzene rings is 1. The van der Waals surface area contributed by atoms with E-state index in [2.05, 4.69) is 15.9 Å². The Labute approximate surface area is 112 Å². The Morgan fingerprint density at radius 3 is 2.44 bits per heavy atom. The molecule has 0 spiro atoms. The van der Waals surface area contributed by atoms with E-state index in [1.165, 1.54) is 23.1 Å². The lowest BCUT2D eigenvalue weighted by atomic mass is 10.2. The van der Waals surface area contributed by atoms with Gasteiger partial charge in [0.15, 0.2) is 0 Å². The Hall–Kier alpha value is -0.620. The Morgan fingerprint density at radius 1 is 1.28 bits per heavy atom. The van der Waals surface area contributed by atoms with Gasteiger partial charge in [-0.05, 0) is 30.7 Å². The zero-order valence-electron chi connectivity index (χ0n) is 9.90. The average Bonchev–Trinajstić information content (AvgIpc) is 2.20. The summed E-state index contributed by atoms with van der Waals surface area (Å²) in [5.74, 6) is -0.413. The second kappa shape index (κ2) is 6.52. The Morgan fingerprint density at radius 2 is 1.94 bits per heavy atom. The van der Waals surface area contributed by atoms with Gasteiger partial charge in [0.1, 0.15) is 5.82 Å². The van der Waals surface area contributed by atoms with Crippen LogP contribution in [0.15, 0.2) is 22.7 Å². The fourth-order valence-electron chi connectivity index (χ4n) is 1.67. The van der Waals surface area contributed by atoms with Crippen LogP contribution in [-0.4, -0.2) is 24.2 Å². The minimum Gasteiger partial charge on any atom is -0.291 e. The van der Waals surface area contributed by atoms with Crippen LogP contribution in [0, 0.1) is 5.82 Å². The molecule has 0 aromatic heterocycles. The molecule has 1 rings (SSSR count). The van der Waals surface area contributed by atoms with Gasteiger partial charge in [-0.25, -0.2) is 4.39 Å². The zero-order valence-corrected chi connectivity index (χ0v) is 11.5. The Balaban J connectivity index is 2.76. The third-order valence-electron chi connectivity index (χ3n) is 2.35. The second-order valence-corrected chi connectivity index (χ2v) is 4.92. The van der Waals surface area contributed by atoms with Crippen molar-refractivity contribution in [1.82, 2.24) is 4.90 Å². The van der Waals surface area contributed by atoms with E-state index in [1.807, 2.05) is 6.92 Å². The normalized spacial score (nSPS) is 12.2. The molecule has 0 fully saturated rings. The molecule has 0 N–H and O–H groups in total. The Kier molecular flexibility index (Phi) is 5.59. The second-order valence-electron chi connectivity index (χ2n) is 4.06. The zero-order chi connectivity index (χ0) is 13.8. The van der Waals surface area contributed by atoms with Gasteiger partial charge in [0.25, 0.3) is 0 Å². The number of rotatable bonds is 5. The maximum atomic E-state index is 12.9. The van der Waals surface area contributed by atoms with Crippen molar-refractivity contribution in [3.63, 3.8) is 0 Å². The van der Waals surface area contributed by atoms with Crippen LogP contribution in [0.3, 0.4) is 0 Å². The van der Waals surface area contributed by atoms with Crippen molar-refractivity contribution in [1.29, 1.82) is 0 Å². The fraction of sp³-hybridized carbons (Fsp3) is 0.500. The first-order valence-corrected chi connectivity index (χ1v) is 6.34. The highest BCUT2D eigenvalue weighted by molar-refractivity contribution is 9.10. The molecular formula is C12H14BrF4N. The SMILES string of the molecule is CCCN(Cc1ccc(F)cc1Br)CC(F)(F)F. The minimum atomic E-state index is -4.22. The molecule has 0 bridgehead atoms. The molecule has 0 unspecified atom stereocenters. The van der Waals surface area contributed by atoms with Gasteiger partial charge in [0, 0.05) is 11.0 Å². The van der Waals surface area contributed by atoms with Gasteiger partial charge in [-0.2, -0.15) is 13.2 Å². The van der Waals surface area contributed by atoms with Crippen LogP contribution in [0.4, 0.5) is 17.6 Å². The lowest BCUT2D eigenvalue weighted by Crippen LogP contribution is -2.34. The van der Waals surface area contributed by atoms with Crippen LogP contribution in [0.2, 0.25) is 0 Å². The molecule has 18 heavy (non-hydrogen) atoms. The first-order valence-electron chi connectivity index (χ1n) is 5.55. The van der Waals surface area contributed by atoms with Crippen molar-refractivity contribution in [2.24, 2.45) is 0 Å². The summed E-state index contributed by atoms with van der Waals surface area (Å²) in [7, 11) is 0. The van der Waals surface area contributed by atoms with E-state index in [4.69, 9.17) is 0 Å². The molecule has 0 aliphatic carbocycles. The maximum absolute atomic E-state index is 12.9. The standard InChI is InChI=1S/C12H14BrF4N/c1-2-5-18(8-12(15,16)17)7-9-3-4-10(14)6-11(9)13/h3-4,6H,2,5,7-8H2,1H3. The van der Waals surface area contributed by atoms with Gasteiger partial charge in [-0.15, -0.1) is 0 Å². The van der Waals surface area contributed by atoms with E-state index in [1.54, 1.807) is 0 Å². The summed E-state index contributed by atoms with van der Waals surface area (Å²) in [6.07, 6.45) is -3.59. The predicted octanol–water partition coefficient (Wildman–Crippen LogP) is 4.36. The van der Waals surface area contributed by atoms with Gasteiger partial charge in [-0.1, -0.05) is 28.9 Å². The third kappa shape index (κ3) is 5.35. The molecule has 0 amide bonds. The van der Waals surface area contributed by atoms with Crippen LogP contribution in [0.5, 0.6) is 0 Å². The summed E-state index contributed by atoms with van der Waals surface area (Å²) in [6, 6.07) is 4.00. The molecule has 0 aliphatic rings. The number of halogens is 5. The number of alkyl halides is 3. The third-order valence-corrected chi connectivity index (χ3v) is 3.09. The van der Waals surface area contributed by atoms with Crippen molar-refractivity contribution < 1.29 is 17.6 Å². The highest BCUT2D eigenvalue weighted by Crippen LogP contribution is 2.22. The molecule has 6 heteroatoms. The average molecular weight is 328 g/mol. The minimum absolute atomic E-state index is 0.147. The largest absolute Gasteiger partial charge is 0.401 e. The van der Waals surface area contributed by atoms with Crippen molar-refractivity contribution in [3.05, 3.63) is 34.1 Å². The van der Waals surface area contributed by atoms with Crippen molar-refractivity contribution >= 4 is 15.9 Å². The maximum Gasteiger partial charge on any atom is 0.401 e. The fourth-order valence-corrected chi connectivity index (χ4v) is 2.15. The van der Waals surface area contributed by atoms with Crippen LogP contribution in [-0.2, 0) is 6.54 Å². The topological polar surface area (TPSA) is 3.24 Å². The van der Waals surface area contributed by atoms with Crippen LogP contribution >= 0.6 is 15.9 Å². The molecule has 1 aromatic carbocycles. The Bertz CT molecular complexity index is 392. The number of hydrogen-bond acceptors (Lipinski definition) is 1. The van der Waals surface area contributed by atoms with Gasteiger partial charge in [0.2, 0.25) is 0 Å². The molecule has 0 aliphatic heterocycles. The van der Waals surface area contributed by atoms with E-state index in [9.17, 15) is 17.6 Å². The molecule has 102 valence electrons. The van der Waals surface area contributed by atoms with Crippen molar-refractivity contribution in [2.75, 3.05) is 13.1 Å². The first kappa shape index (κ1) is 15.4. The highest BCUT2D eigenvalue weighted by atomic mass is 79.9. The monoisotopic (exact) mass is 327 g/mol. The predicted molar refractivity (Wildman–Crippen MR) is 65.7 cm³/mol. The van der Waals surface area contributed by atoms with Crippen LogP contribution in [0.1, 0.15) is 18.9 Å². The molecular weight excluding hydrogens is 314 g/mol. The quantitative estimate of drug-likeness (QED) is 0.726. The van der Waals surface area contributed by atoms with Gasteiger partial charge in [0.05, 0.1) is 6.54 Å². The lowest BCUT2D eigenvalue weighted by Gasteiger charge is -2.23. The van der Waals surface area contributed by atoms with Crippen molar-refractivity contribution in [3.8, 4) is 0 Å². The number of hydrogen-bond donors (Lipinski definition) is 0. The smallest absolute Gasteiger partial charge is 0.291 e. The summed E-state index contributed by atoms with van der Waals surface area (Å²) in [4.78, 5) is 1.30. The summed E-state index contributed by atoms with van der Waals surface area (Å²) in [5, 5.41) is 0. The van der Waals surface area contributed by atoms with Gasteiger partial charge in [-0.3, -0.25) is 4.90 Å². The molecule has 0 saturated heterocycles. The molecule has 0 heterocycles. The molecule has 0 radical (unpaired) electrons. The highest BCUT2D eigenvalue weighted by Gasteiger charge is 2.30. The van der Waals surface area contributed by atoms with E-state index >= 15 is 0 Å². The van der Waals surface area contributed by atoms with Crippen molar-refractivity contribution in [2.45, 2.75) is 26.1 Å². The molecule has 1 aromatic rings. The van der Waals surface area contributed by atoms with E-state index in [0.29, 0.717) is 23.0 Å². The lowest BCUT2D eigenvalue weighted by molar-refractivity contribution is -0.147. The van der Waals surface area contributed by atoms with E-state index < -0.39 is 18.5 Å². The van der Waals surface area contributed by atoms with E-state index in [0.717, 1.165) is 0 Å². The summed E-state index contributed by atoms with van der Waals surface area (Å²) in [5.41, 5.74) is 0.647. The molecule has 0 saturated carbocycles. The van der Waals surface area contributed by atoms with Crippen LogP contribution in [0.25, 0.3) is 0 Å². The molecule has 1 nitrogen and oxygen atoms in total. The van der Waals surface area contributed by atoms with Gasteiger partial charge < -0.3 is 0 Å². The number of nitrogens with zero attached hydrogens (tertiary/aromatic N) is 1.